The van der Waals surface area contributed by atoms with Gasteiger partial charge in [0.2, 0.25) is 11.9 Å². The number of nitrogens with zero attached hydrogens (tertiary/aromatic N) is 3. The fourth-order valence-corrected chi connectivity index (χ4v) is 2.45. The van der Waals surface area contributed by atoms with Gasteiger partial charge in [-0.2, -0.15) is 0 Å². The van der Waals surface area contributed by atoms with Crippen molar-refractivity contribution in [2.45, 2.75) is 34.6 Å². The van der Waals surface area contributed by atoms with E-state index in [1.54, 1.807) is 0 Å². The monoisotopic (exact) mass is 370 g/mol. The van der Waals surface area contributed by atoms with Gasteiger partial charge in [-0.25, -0.2) is 9.97 Å². The van der Waals surface area contributed by atoms with Crippen LogP contribution in [0.25, 0.3) is 0 Å². The van der Waals surface area contributed by atoms with Crippen molar-refractivity contribution in [1.82, 2.24) is 15.3 Å². The van der Waals surface area contributed by atoms with Crippen LogP contribution in [0.1, 0.15) is 30.8 Å². The van der Waals surface area contributed by atoms with E-state index in [1.165, 1.54) is 0 Å². The predicted octanol–water partition coefficient (Wildman–Crippen LogP) is 3.81. The Morgan fingerprint density at radius 2 is 1.73 bits per heavy atom. The second kappa shape index (κ2) is 9.24. The highest BCUT2D eigenvalue weighted by molar-refractivity contribution is 7.80. The second-order valence-electron chi connectivity index (χ2n) is 6.58. The number of benzene rings is 1. The largest absolute Gasteiger partial charge is 0.332 e. The lowest BCUT2D eigenvalue weighted by molar-refractivity contribution is 0.664. The van der Waals surface area contributed by atoms with Crippen molar-refractivity contribution in [3.63, 3.8) is 0 Å². The fraction of sp³-hybridized carbons (Fsp3) is 0.368. The van der Waals surface area contributed by atoms with Gasteiger partial charge in [0.1, 0.15) is 0 Å². The Bertz CT molecular complexity index is 780. The number of anilines is 2. The Morgan fingerprint density at radius 3 is 2.35 bits per heavy atom. The van der Waals surface area contributed by atoms with Crippen molar-refractivity contribution in [1.29, 1.82) is 0 Å². The minimum atomic E-state index is 0.423. The van der Waals surface area contributed by atoms with E-state index in [1.807, 2.05) is 51.1 Å². The number of guanidine groups is 1. The van der Waals surface area contributed by atoms with Gasteiger partial charge < -0.3 is 10.6 Å². The predicted molar refractivity (Wildman–Crippen MR) is 113 cm³/mol. The van der Waals surface area contributed by atoms with Crippen molar-refractivity contribution in [2.24, 2.45) is 10.9 Å². The summed E-state index contributed by atoms with van der Waals surface area (Å²) in [4.78, 5) is 13.4. The lowest BCUT2D eigenvalue weighted by Crippen LogP contribution is -2.39. The average Bonchev–Trinajstić information content (AvgIpc) is 2.54. The Morgan fingerprint density at radius 1 is 1.08 bits per heavy atom. The third-order valence-corrected chi connectivity index (χ3v) is 3.66. The molecule has 6 nitrogen and oxygen atoms in total. The van der Waals surface area contributed by atoms with E-state index in [-0.39, 0.29) is 0 Å². The molecule has 0 fully saturated rings. The minimum absolute atomic E-state index is 0.423. The summed E-state index contributed by atoms with van der Waals surface area (Å²) in [7, 11) is 0. The molecule has 0 amide bonds. The van der Waals surface area contributed by atoms with E-state index >= 15 is 0 Å². The van der Waals surface area contributed by atoms with E-state index in [2.05, 4.69) is 44.8 Å². The zero-order valence-electron chi connectivity index (χ0n) is 15.9. The molecule has 0 atom stereocenters. The van der Waals surface area contributed by atoms with Gasteiger partial charge in [-0.05, 0) is 56.6 Å². The summed E-state index contributed by atoms with van der Waals surface area (Å²) in [6.07, 6.45) is 0. The Kier molecular flexibility index (Phi) is 7.03. The molecule has 1 heterocycles. The molecule has 2 aromatic rings. The van der Waals surface area contributed by atoms with Crippen LogP contribution in [0.3, 0.4) is 0 Å². The summed E-state index contributed by atoms with van der Waals surface area (Å²) in [5.74, 6) is 1.44. The van der Waals surface area contributed by atoms with Gasteiger partial charge in [-0.3, -0.25) is 10.3 Å². The van der Waals surface area contributed by atoms with Gasteiger partial charge in [0.25, 0.3) is 0 Å². The second-order valence-corrected chi connectivity index (χ2v) is 6.98. The van der Waals surface area contributed by atoms with Crippen LogP contribution < -0.4 is 16.0 Å². The zero-order valence-corrected chi connectivity index (χ0v) is 16.7. The number of hydrogen-bond acceptors (Lipinski definition) is 4. The van der Waals surface area contributed by atoms with E-state index in [0.29, 0.717) is 29.5 Å². The average molecular weight is 371 g/mol. The molecule has 1 aromatic heterocycles. The van der Waals surface area contributed by atoms with E-state index < -0.39 is 0 Å². The van der Waals surface area contributed by atoms with Crippen LogP contribution in [0.15, 0.2) is 35.3 Å². The van der Waals surface area contributed by atoms with Crippen molar-refractivity contribution < 1.29 is 0 Å². The number of nitrogens with one attached hydrogen (secondary N) is 3. The van der Waals surface area contributed by atoms with E-state index in [9.17, 15) is 0 Å². The summed E-state index contributed by atoms with van der Waals surface area (Å²) in [6.45, 7) is 10.8. The topological polar surface area (TPSA) is 74.2 Å². The first-order valence-corrected chi connectivity index (χ1v) is 9.01. The van der Waals surface area contributed by atoms with Crippen molar-refractivity contribution >= 4 is 34.9 Å². The first-order chi connectivity index (χ1) is 12.3. The Labute approximate surface area is 160 Å². The van der Waals surface area contributed by atoms with Crippen molar-refractivity contribution in [2.75, 3.05) is 17.2 Å². The fourth-order valence-electron chi connectivity index (χ4n) is 2.25. The lowest BCUT2D eigenvalue weighted by atomic mass is 10.2. The van der Waals surface area contributed by atoms with Crippen LogP contribution in [0.5, 0.6) is 0 Å². The summed E-state index contributed by atoms with van der Waals surface area (Å²) < 4.78 is 0. The summed E-state index contributed by atoms with van der Waals surface area (Å²) in [6, 6.07) is 9.89. The van der Waals surface area contributed by atoms with Crippen LogP contribution in [0.2, 0.25) is 0 Å². The standard InChI is InChI=1S/C19H26N6S/c1-12(2)11-20-17(24-18-21-14(4)10-15(5)22-18)25-19(26)23-16-9-7-6-8-13(16)3/h6-10,12H,11H2,1-5H3,(H3,20,21,22,23,24,25,26). The SMILES string of the molecule is Cc1cc(C)nc(NC(=NCC(C)C)NC(=S)Nc2ccccc2C)n1. The maximum absolute atomic E-state index is 5.44. The summed E-state index contributed by atoms with van der Waals surface area (Å²) in [5, 5.41) is 9.90. The molecule has 0 spiro atoms. The molecule has 7 heteroatoms. The number of thiocarbonyl (C=S) groups is 1. The van der Waals surface area contributed by atoms with Gasteiger partial charge >= 0.3 is 0 Å². The molecule has 0 saturated heterocycles. The lowest BCUT2D eigenvalue weighted by Gasteiger charge is -2.15. The number of hydrogen-bond donors (Lipinski definition) is 3. The molecule has 0 radical (unpaired) electrons. The zero-order chi connectivity index (χ0) is 19.1. The highest BCUT2D eigenvalue weighted by atomic mass is 32.1. The van der Waals surface area contributed by atoms with E-state index in [4.69, 9.17) is 12.2 Å². The molecule has 3 N–H and O–H groups in total. The summed E-state index contributed by atoms with van der Waals surface area (Å²) in [5.41, 5.74) is 3.85. The van der Waals surface area contributed by atoms with E-state index in [0.717, 1.165) is 22.6 Å². The normalized spacial score (nSPS) is 11.4. The molecule has 0 unspecified atom stereocenters. The maximum atomic E-state index is 5.44. The van der Waals surface area contributed by atoms with Gasteiger partial charge in [0.05, 0.1) is 0 Å². The molecule has 138 valence electrons. The number of aryl methyl sites for hydroxylation is 3. The molecule has 1 aromatic carbocycles. The van der Waals surface area contributed by atoms with Gasteiger partial charge in [-0.15, -0.1) is 0 Å². The maximum Gasteiger partial charge on any atom is 0.229 e. The first kappa shape index (κ1) is 19.8. The molecule has 2 rings (SSSR count). The summed E-state index contributed by atoms with van der Waals surface area (Å²) >= 11 is 5.44. The number of aliphatic imine (C=N–C) groups is 1. The highest BCUT2D eigenvalue weighted by Crippen LogP contribution is 2.12. The third-order valence-electron chi connectivity index (χ3n) is 3.45. The minimum Gasteiger partial charge on any atom is -0.332 e. The van der Waals surface area contributed by atoms with Crippen LogP contribution in [0.4, 0.5) is 11.6 Å². The number of para-hydroxylation sites is 1. The molecule has 0 aliphatic carbocycles. The number of rotatable bonds is 4. The van der Waals surface area contributed by atoms with Gasteiger partial charge in [-0.1, -0.05) is 32.0 Å². The van der Waals surface area contributed by atoms with Crippen LogP contribution in [-0.2, 0) is 0 Å². The van der Waals surface area contributed by atoms with Crippen LogP contribution in [0, 0.1) is 26.7 Å². The van der Waals surface area contributed by atoms with Crippen molar-refractivity contribution in [3.8, 4) is 0 Å². The Balaban J connectivity index is 2.12. The first-order valence-electron chi connectivity index (χ1n) is 8.61. The molecular weight excluding hydrogens is 344 g/mol. The third kappa shape index (κ3) is 6.40. The molecule has 0 saturated carbocycles. The Hall–Kier alpha value is -2.54. The smallest absolute Gasteiger partial charge is 0.229 e. The van der Waals surface area contributed by atoms with Gasteiger partial charge in [0.15, 0.2) is 5.11 Å². The van der Waals surface area contributed by atoms with Crippen LogP contribution in [-0.4, -0.2) is 27.6 Å². The molecule has 0 aliphatic rings. The number of aromatic nitrogens is 2. The quantitative estimate of drug-likeness (QED) is 0.432. The molecule has 0 aliphatic heterocycles. The molecular formula is C19H26N6S. The van der Waals surface area contributed by atoms with Crippen molar-refractivity contribution in [3.05, 3.63) is 47.3 Å². The van der Waals surface area contributed by atoms with Gasteiger partial charge in [0, 0.05) is 23.6 Å². The molecule has 26 heavy (non-hydrogen) atoms. The highest BCUT2D eigenvalue weighted by Gasteiger charge is 2.08. The molecule has 0 bridgehead atoms. The van der Waals surface area contributed by atoms with Crippen LogP contribution >= 0.6 is 12.2 Å².